The van der Waals surface area contributed by atoms with Crippen LogP contribution in [0.1, 0.15) is 55.6 Å². The SMILES string of the molecule is C(=Cc1ccc2ccc3cccc4ccc1c2c34)c1ccc2c(c1)C1(c3ccccc3-c3ccccc31)c1ccccc1C21c2ccccc2-c2ccccc21. The van der Waals surface area contributed by atoms with E-state index in [2.05, 4.69) is 206 Å². The van der Waals surface area contributed by atoms with Gasteiger partial charge in [0.05, 0.1) is 10.8 Å². The highest BCUT2D eigenvalue weighted by Crippen LogP contribution is 2.67. The van der Waals surface area contributed by atoms with Crippen LogP contribution in [-0.2, 0) is 10.8 Å². The molecule has 3 aliphatic carbocycles. The van der Waals surface area contributed by atoms with Crippen LogP contribution in [-0.4, -0.2) is 0 Å². The largest absolute Gasteiger partial charge is 0.0720 e. The molecule has 0 unspecified atom stereocenters. The van der Waals surface area contributed by atoms with Crippen LogP contribution in [0, 0.1) is 0 Å². The summed E-state index contributed by atoms with van der Waals surface area (Å²) in [4.78, 5) is 0. The summed E-state index contributed by atoms with van der Waals surface area (Å²) in [6.07, 6.45) is 4.68. The zero-order valence-corrected chi connectivity index (χ0v) is 30.6. The van der Waals surface area contributed by atoms with Gasteiger partial charge in [-0.25, -0.2) is 0 Å². The third kappa shape index (κ3) is 3.56. The molecule has 0 saturated heterocycles. The molecule has 2 spiro atoms. The molecule has 258 valence electrons. The molecule has 10 aromatic rings. The van der Waals surface area contributed by atoms with Crippen molar-refractivity contribution in [3.05, 3.63) is 250 Å². The van der Waals surface area contributed by atoms with Crippen molar-refractivity contribution in [3.8, 4) is 22.3 Å². The Morgan fingerprint density at radius 2 is 0.714 bits per heavy atom. The van der Waals surface area contributed by atoms with Crippen LogP contribution in [0.2, 0.25) is 0 Å². The first-order chi connectivity index (χ1) is 27.8. The topological polar surface area (TPSA) is 0 Å². The zero-order valence-electron chi connectivity index (χ0n) is 30.6. The van der Waals surface area contributed by atoms with E-state index in [0.717, 1.165) is 0 Å². The molecule has 0 amide bonds. The van der Waals surface area contributed by atoms with Crippen LogP contribution < -0.4 is 0 Å². The average Bonchev–Trinajstić information content (AvgIpc) is 3.73. The molecule has 0 atom stereocenters. The second-order valence-corrected chi connectivity index (χ2v) is 15.9. The van der Waals surface area contributed by atoms with Crippen LogP contribution in [0.3, 0.4) is 0 Å². The van der Waals surface area contributed by atoms with E-state index < -0.39 is 10.8 Å². The summed E-state index contributed by atoms with van der Waals surface area (Å²) in [5.74, 6) is 0. The molecular weight excluding hydrogens is 673 g/mol. The summed E-state index contributed by atoms with van der Waals surface area (Å²) in [6, 6.07) is 73.6. The van der Waals surface area contributed by atoms with E-state index in [-0.39, 0.29) is 0 Å². The van der Waals surface area contributed by atoms with Crippen molar-refractivity contribution in [2.45, 2.75) is 10.8 Å². The highest BCUT2D eigenvalue weighted by Gasteiger charge is 2.58. The number of benzene rings is 10. The van der Waals surface area contributed by atoms with E-state index in [9.17, 15) is 0 Å². The van der Waals surface area contributed by atoms with Gasteiger partial charge in [0.1, 0.15) is 0 Å². The lowest BCUT2D eigenvalue weighted by Gasteiger charge is -2.49. The molecule has 0 radical (unpaired) electrons. The molecule has 3 aliphatic rings. The molecule has 0 heterocycles. The fourth-order valence-corrected chi connectivity index (χ4v) is 11.5. The Labute approximate surface area is 326 Å². The van der Waals surface area contributed by atoms with E-state index in [1.165, 1.54) is 110 Å². The first-order valence-electron chi connectivity index (χ1n) is 19.8. The van der Waals surface area contributed by atoms with Gasteiger partial charge < -0.3 is 0 Å². The van der Waals surface area contributed by atoms with Crippen molar-refractivity contribution in [3.63, 3.8) is 0 Å². The van der Waals surface area contributed by atoms with E-state index in [4.69, 9.17) is 0 Å². The number of hydrogen-bond donors (Lipinski definition) is 0. The van der Waals surface area contributed by atoms with E-state index in [1.807, 2.05) is 0 Å². The van der Waals surface area contributed by atoms with Gasteiger partial charge in [-0.05, 0) is 116 Å². The summed E-state index contributed by atoms with van der Waals surface area (Å²) in [5, 5.41) is 7.88. The molecule has 0 saturated carbocycles. The summed E-state index contributed by atoms with van der Waals surface area (Å²) >= 11 is 0. The van der Waals surface area contributed by atoms with Gasteiger partial charge >= 0.3 is 0 Å². The van der Waals surface area contributed by atoms with Crippen molar-refractivity contribution in [2.24, 2.45) is 0 Å². The van der Waals surface area contributed by atoms with Gasteiger partial charge in [0, 0.05) is 0 Å². The zero-order chi connectivity index (χ0) is 36.6. The summed E-state index contributed by atoms with van der Waals surface area (Å²) in [7, 11) is 0. The lowest BCUT2D eigenvalue weighted by Crippen LogP contribution is -2.43. The van der Waals surface area contributed by atoms with Crippen molar-refractivity contribution in [1.82, 2.24) is 0 Å². The maximum atomic E-state index is 2.53. The van der Waals surface area contributed by atoms with Crippen LogP contribution >= 0.6 is 0 Å². The summed E-state index contributed by atoms with van der Waals surface area (Å²) in [5.41, 5.74) is 17.7. The third-order valence-electron chi connectivity index (χ3n) is 13.5. The summed E-state index contributed by atoms with van der Waals surface area (Å²) < 4.78 is 0. The van der Waals surface area contributed by atoms with Crippen molar-refractivity contribution in [1.29, 1.82) is 0 Å². The second-order valence-electron chi connectivity index (χ2n) is 15.9. The maximum absolute atomic E-state index is 2.53. The lowest BCUT2D eigenvalue weighted by molar-refractivity contribution is 0.632. The molecule has 0 heteroatoms. The molecule has 0 fully saturated rings. The van der Waals surface area contributed by atoms with Gasteiger partial charge in [0.2, 0.25) is 0 Å². The fraction of sp³-hybridized carbons (Fsp3) is 0.0357. The Morgan fingerprint density at radius 1 is 0.286 bits per heavy atom. The van der Waals surface area contributed by atoms with Crippen molar-refractivity contribution >= 4 is 44.5 Å². The Kier molecular flexibility index (Phi) is 5.85. The Morgan fingerprint density at radius 3 is 1.27 bits per heavy atom. The highest BCUT2D eigenvalue weighted by molar-refractivity contribution is 6.24. The predicted octanol–water partition coefficient (Wildman–Crippen LogP) is 13.8. The lowest BCUT2D eigenvalue weighted by atomic mass is 9.52. The Hall–Kier alpha value is -7.02. The fourth-order valence-electron chi connectivity index (χ4n) is 11.5. The van der Waals surface area contributed by atoms with E-state index >= 15 is 0 Å². The van der Waals surface area contributed by atoms with Gasteiger partial charge in [-0.15, -0.1) is 0 Å². The Balaban J connectivity index is 1.12. The van der Waals surface area contributed by atoms with Gasteiger partial charge in [0.15, 0.2) is 0 Å². The molecule has 10 aromatic carbocycles. The smallest absolute Gasteiger partial charge is 0.0619 e. The summed E-state index contributed by atoms with van der Waals surface area (Å²) in [6.45, 7) is 0. The van der Waals surface area contributed by atoms with Crippen LogP contribution in [0.15, 0.2) is 194 Å². The van der Waals surface area contributed by atoms with Gasteiger partial charge in [-0.1, -0.05) is 200 Å². The maximum Gasteiger partial charge on any atom is 0.0720 e. The van der Waals surface area contributed by atoms with Gasteiger partial charge in [-0.3, -0.25) is 0 Å². The molecule has 13 rings (SSSR count). The Bertz CT molecular complexity index is 3210. The molecule has 0 N–H and O–H groups in total. The molecule has 0 aromatic heterocycles. The predicted molar refractivity (Wildman–Crippen MR) is 234 cm³/mol. The standard InChI is InChI=1S/C56H34/c1-5-18-45-41(14-1)42-15-2-6-19-46(42)55(45)49-22-9-10-23-50(49)56(47-20-7-3-16-43(47)44-17-4-8-21-48(44)56)52-34-35(25-33-51(52)55)24-26-36-27-28-39-30-29-37-12-11-13-38-31-32-40(36)54(39)53(37)38/h1-34H. The molecule has 0 bridgehead atoms. The third-order valence-corrected chi connectivity index (χ3v) is 13.5. The van der Waals surface area contributed by atoms with E-state index in [1.54, 1.807) is 0 Å². The van der Waals surface area contributed by atoms with Crippen LogP contribution in [0.4, 0.5) is 0 Å². The molecule has 56 heavy (non-hydrogen) atoms. The highest BCUT2D eigenvalue weighted by atomic mass is 14.6. The first kappa shape index (κ1) is 30.3. The minimum absolute atomic E-state index is 0.467. The molecular formula is C56H34. The van der Waals surface area contributed by atoms with Gasteiger partial charge in [-0.2, -0.15) is 0 Å². The quantitative estimate of drug-likeness (QED) is 0.124. The number of fused-ring (bicyclic) bond motifs is 16. The van der Waals surface area contributed by atoms with Gasteiger partial charge in [0.25, 0.3) is 0 Å². The molecule has 0 nitrogen and oxygen atoms in total. The normalized spacial score (nSPS) is 15.0. The van der Waals surface area contributed by atoms with Crippen LogP contribution in [0.5, 0.6) is 0 Å². The second kappa shape index (κ2) is 10.8. The minimum Gasteiger partial charge on any atom is -0.0619 e. The molecule has 0 aliphatic heterocycles. The van der Waals surface area contributed by atoms with Crippen LogP contribution in [0.25, 0.3) is 66.7 Å². The van der Waals surface area contributed by atoms with Crippen molar-refractivity contribution in [2.75, 3.05) is 0 Å². The monoisotopic (exact) mass is 706 g/mol. The van der Waals surface area contributed by atoms with Crippen molar-refractivity contribution < 1.29 is 0 Å². The number of hydrogen-bond acceptors (Lipinski definition) is 0. The number of rotatable bonds is 2. The average molecular weight is 707 g/mol. The van der Waals surface area contributed by atoms with E-state index in [0.29, 0.717) is 0 Å². The first-order valence-corrected chi connectivity index (χ1v) is 19.8. The minimum atomic E-state index is -0.492.